The van der Waals surface area contributed by atoms with Crippen LogP contribution in [0.2, 0.25) is 0 Å². The van der Waals surface area contributed by atoms with E-state index in [1.165, 1.54) is 99.6 Å². The van der Waals surface area contributed by atoms with E-state index < -0.39 is 0 Å². The minimum Gasteiger partial charge on any atom is -0.371 e. The van der Waals surface area contributed by atoms with Gasteiger partial charge in [-0.25, -0.2) is 0 Å². The summed E-state index contributed by atoms with van der Waals surface area (Å²) >= 11 is 0. The highest BCUT2D eigenvalue weighted by atomic mass is 15.1. The van der Waals surface area contributed by atoms with Crippen LogP contribution in [0.1, 0.15) is 62.9 Å². The van der Waals surface area contributed by atoms with Crippen LogP contribution in [0, 0.1) is 13.8 Å². The second kappa shape index (κ2) is 9.64. The van der Waals surface area contributed by atoms with Crippen LogP contribution in [0.25, 0.3) is 23.5 Å². The van der Waals surface area contributed by atoms with Crippen molar-refractivity contribution in [1.82, 2.24) is 9.80 Å². The molecule has 43 heavy (non-hydrogen) atoms. The Kier molecular flexibility index (Phi) is 5.67. The predicted molar refractivity (Wildman–Crippen MR) is 179 cm³/mol. The van der Waals surface area contributed by atoms with Gasteiger partial charge < -0.3 is 14.7 Å². The highest BCUT2D eigenvalue weighted by Crippen LogP contribution is 2.37. The largest absolute Gasteiger partial charge is 0.371 e. The minimum absolute atomic E-state index is 1.03. The summed E-state index contributed by atoms with van der Waals surface area (Å²) in [5.74, 6) is 0. The molecule has 0 amide bonds. The number of aryl methyl sites for hydroxylation is 2. The maximum atomic E-state index is 2.63. The van der Waals surface area contributed by atoms with Crippen molar-refractivity contribution in [1.29, 1.82) is 0 Å². The summed E-state index contributed by atoms with van der Waals surface area (Å²) in [7, 11) is 0. The van der Waals surface area contributed by atoms with E-state index in [0.717, 1.165) is 25.9 Å². The van der Waals surface area contributed by atoms with Crippen molar-refractivity contribution in [3.8, 4) is 0 Å². The first-order valence-corrected chi connectivity index (χ1v) is 16.3. The lowest BCUT2D eigenvalue weighted by molar-refractivity contribution is 0.499. The fourth-order valence-electron chi connectivity index (χ4n) is 8.66. The van der Waals surface area contributed by atoms with Gasteiger partial charge in [-0.1, -0.05) is 36.4 Å². The lowest BCUT2D eigenvalue weighted by Crippen LogP contribution is -2.49. The second-order valence-electron chi connectivity index (χ2n) is 13.2. The van der Waals surface area contributed by atoms with Gasteiger partial charge in [0.2, 0.25) is 0 Å². The third kappa shape index (κ3) is 3.87. The van der Waals surface area contributed by atoms with E-state index in [-0.39, 0.29) is 0 Å². The maximum absolute atomic E-state index is 2.63. The molecule has 9 rings (SSSR count). The molecule has 0 fully saturated rings. The molecule has 3 nitrogen and oxygen atoms in total. The molecule has 3 aromatic rings. The van der Waals surface area contributed by atoms with Gasteiger partial charge in [-0.05, 0) is 133 Å². The summed E-state index contributed by atoms with van der Waals surface area (Å²) in [6.45, 7) is 9.25. The van der Waals surface area contributed by atoms with Crippen LogP contribution >= 0.6 is 0 Å². The van der Waals surface area contributed by atoms with E-state index in [0.29, 0.717) is 0 Å². The molecular formula is C40H39N3. The first-order chi connectivity index (χ1) is 21.1. The Morgan fingerprint density at radius 1 is 0.698 bits per heavy atom. The lowest BCUT2D eigenvalue weighted by Gasteiger charge is -2.37. The molecule has 3 aromatic carbocycles. The van der Waals surface area contributed by atoms with Crippen LogP contribution in [0.5, 0.6) is 0 Å². The summed E-state index contributed by atoms with van der Waals surface area (Å²) < 4.78 is 0. The van der Waals surface area contributed by atoms with Crippen LogP contribution in [0.3, 0.4) is 0 Å². The van der Waals surface area contributed by atoms with E-state index in [1.807, 2.05) is 0 Å². The first kappa shape index (κ1) is 25.3. The monoisotopic (exact) mass is 561 g/mol. The van der Waals surface area contributed by atoms with Gasteiger partial charge in [0.15, 0.2) is 0 Å². The normalized spacial score (nSPS) is 19.5. The van der Waals surface area contributed by atoms with Crippen molar-refractivity contribution in [3.05, 3.63) is 133 Å². The van der Waals surface area contributed by atoms with E-state index in [1.54, 1.807) is 22.4 Å². The lowest BCUT2D eigenvalue weighted by atomic mass is 9.83. The Bertz CT molecular complexity index is 1940. The second-order valence-corrected chi connectivity index (χ2v) is 13.2. The maximum Gasteiger partial charge on any atom is 0.0569 e. The molecule has 0 saturated heterocycles. The molecule has 214 valence electrons. The van der Waals surface area contributed by atoms with E-state index in [4.69, 9.17) is 0 Å². The zero-order valence-electron chi connectivity index (χ0n) is 25.4. The standard InChI is InChI=1S/C40H39N3/c1-26-27(2)34-16-22-43-20-14-30-7-3-4-10-35(30)40(43)38(34)37-33(26)15-21-41-19-13-28(25-36(37)41)11-12-29-23-31-8-5-17-42-18-6-9-32(24-29)39(31)42/h3-4,7,10-14,19-20,23-25H,5-6,8-9,15-18,21-22H2,1-2H3/b12-11+. The van der Waals surface area contributed by atoms with Crippen molar-refractivity contribution >= 4 is 29.2 Å². The molecule has 3 heteroatoms. The fraction of sp³-hybridized carbons (Fsp3) is 0.300. The predicted octanol–water partition coefficient (Wildman–Crippen LogP) is 6.13. The number of anilines is 1. The number of allylic oxidation sites excluding steroid dienone is 3. The van der Waals surface area contributed by atoms with Crippen molar-refractivity contribution in [2.24, 2.45) is 0 Å². The fourth-order valence-corrected chi connectivity index (χ4v) is 8.66. The molecule has 0 aromatic heterocycles. The van der Waals surface area contributed by atoms with Crippen LogP contribution in [-0.4, -0.2) is 36.0 Å². The van der Waals surface area contributed by atoms with Crippen molar-refractivity contribution in [3.63, 3.8) is 0 Å². The number of nitrogens with zero attached hydrogens (tertiary/aromatic N) is 3. The third-order valence-electron chi connectivity index (χ3n) is 10.8. The van der Waals surface area contributed by atoms with Crippen molar-refractivity contribution in [2.75, 3.05) is 31.1 Å². The highest BCUT2D eigenvalue weighted by Gasteiger charge is 2.29. The molecule has 6 aliphatic rings. The number of benzene rings is 3. The number of fused-ring (bicyclic) bond motifs is 7. The van der Waals surface area contributed by atoms with E-state index in [2.05, 4.69) is 108 Å². The molecule has 0 spiro atoms. The van der Waals surface area contributed by atoms with Crippen molar-refractivity contribution in [2.45, 2.75) is 52.4 Å². The Morgan fingerprint density at radius 3 is 2.19 bits per heavy atom. The van der Waals surface area contributed by atoms with Crippen LogP contribution in [0.4, 0.5) is 5.69 Å². The Labute approximate surface area is 255 Å². The van der Waals surface area contributed by atoms with Crippen molar-refractivity contribution < 1.29 is 0 Å². The summed E-state index contributed by atoms with van der Waals surface area (Å²) in [5, 5.41) is 2.93. The average Bonchev–Trinajstić information content (AvgIpc) is 3.05. The molecule has 0 N–H and O–H groups in total. The summed E-state index contributed by atoms with van der Waals surface area (Å²) in [6.07, 6.45) is 23.5. The molecule has 0 radical (unpaired) electrons. The Hall–Kier alpha value is -4.24. The molecule has 0 atom stereocenters. The first-order valence-electron chi connectivity index (χ1n) is 16.3. The third-order valence-corrected chi connectivity index (χ3v) is 10.8. The molecular weight excluding hydrogens is 522 g/mol. The van der Waals surface area contributed by atoms with Crippen LogP contribution in [0.15, 0.2) is 72.6 Å². The minimum atomic E-state index is 1.03. The molecule has 6 aliphatic heterocycles. The summed E-state index contributed by atoms with van der Waals surface area (Å²) in [4.78, 5) is 7.63. The number of hydrogen-bond donors (Lipinski definition) is 0. The molecule has 0 unspecified atom stereocenters. The van der Waals surface area contributed by atoms with Gasteiger partial charge in [-0.15, -0.1) is 0 Å². The van der Waals surface area contributed by atoms with E-state index in [9.17, 15) is 0 Å². The molecule has 0 aliphatic carbocycles. The van der Waals surface area contributed by atoms with Gasteiger partial charge in [0.25, 0.3) is 0 Å². The van der Waals surface area contributed by atoms with Gasteiger partial charge in [0.05, 0.1) is 5.70 Å². The highest BCUT2D eigenvalue weighted by molar-refractivity contribution is 5.80. The number of hydrogen-bond acceptors (Lipinski definition) is 3. The summed E-state index contributed by atoms with van der Waals surface area (Å²) in [6, 6.07) is 13.8. The smallest absolute Gasteiger partial charge is 0.0569 e. The van der Waals surface area contributed by atoms with Gasteiger partial charge in [-0.3, -0.25) is 0 Å². The quantitative estimate of drug-likeness (QED) is 0.373. The van der Waals surface area contributed by atoms with Gasteiger partial charge >= 0.3 is 0 Å². The average molecular weight is 562 g/mol. The zero-order chi connectivity index (χ0) is 28.7. The van der Waals surface area contributed by atoms with E-state index >= 15 is 0 Å². The van der Waals surface area contributed by atoms with Gasteiger partial charge in [-0.2, -0.15) is 0 Å². The Balaban J connectivity index is 1.24. The van der Waals surface area contributed by atoms with Gasteiger partial charge in [0.1, 0.15) is 0 Å². The van der Waals surface area contributed by atoms with Gasteiger partial charge in [0, 0.05) is 66.0 Å². The summed E-state index contributed by atoms with van der Waals surface area (Å²) in [5.41, 5.74) is 18.8. The molecule has 0 bridgehead atoms. The SMILES string of the molecule is Cc1c(C)c2c(c3c1CCN1C=CC(/C=C/c4cc5c6c(c4)CCCN6CCC5)=CC=31)=C1c3ccccc3C=CN1CC2. The number of rotatable bonds is 2. The molecule has 0 saturated carbocycles. The van der Waals surface area contributed by atoms with Crippen LogP contribution < -0.4 is 15.3 Å². The molecule has 6 heterocycles. The topological polar surface area (TPSA) is 9.72 Å². The Morgan fingerprint density at radius 2 is 1.40 bits per heavy atom. The zero-order valence-corrected chi connectivity index (χ0v) is 25.4. The van der Waals surface area contributed by atoms with Crippen LogP contribution in [-0.2, 0) is 25.7 Å².